The quantitative estimate of drug-likeness (QED) is 0.885. The van der Waals surface area contributed by atoms with Gasteiger partial charge in [-0.1, -0.05) is 6.07 Å². The lowest BCUT2D eigenvalue weighted by Crippen LogP contribution is -2.48. The van der Waals surface area contributed by atoms with Gasteiger partial charge in [0.1, 0.15) is 0 Å². The van der Waals surface area contributed by atoms with E-state index < -0.39 is 0 Å². The topological polar surface area (TPSA) is 87.3 Å². The fourth-order valence-corrected chi connectivity index (χ4v) is 3.08. The highest BCUT2D eigenvalue weighted by atomic mass is 16.5. The summed E-state index contributed by atoms with van der Waals surface area (Å²) in [4.78, 5) is 26.4. The number of nitrogens with zero attached hydrogens (tertiary/aromatic N) is 2. The van der Waals surface area contributed by atoms with Crippen LogP contribution in [0.1, 0.15) is 30.6 Å². The summed E-state index contributed by atoms with van der Waals surface area (Å²) < 4.78 is 5.63. The number of H-pyrrole nitrogens is 1. The van der Waals surface area contributed by atoms with Crippen LogP contribution in [0.5, 0.6) is 0 Å². The van der Waals surface area contributed by atoms with Crippen molar-refractivity contribution in [2.24, 2.45) is 0 Å². The lowest BCUT2D eigenvalue weighted by atomic mass is 10.1. The average Bonchev–Trinajstić information content (AvgIpc) is 3.02. The lowest BCUT2D eigenvalue weighted by Gasteiger charge is -2.35. The smallest absolute Gasteiger partial charge is 0.252 e. The van der Waals surface area contributed by atoms with E-state index in [0.29, 0.717) is 25.2 Å². The SMILES string of the molecule is CC1CN(C(=O)CCNC(=O)c2cccc3[nH]ncc23)CC(C)O1. The molecule has 1 fully saturated rings. The van der Waals surface area contributed by atoms with Gasteiger partial charge in [0.15, 0.2) is 0 Å². The Labute approximate surface area is 140 Å². The Morgan fingerprint density at radius 3 is 2.83 bits per heavy atom. The van der Waals surface area contributed by atoms with Crippen LogP contribution in [0.2, 0.25) is 0 Å². The second kappa shape index (κ2) is 7.00. The molecule has 2 heterocycles. The van der Waals surface area contributed by atoms with Crippen molar-refractivity contribution in [3.8, 4) is 0 Å². The molecule has 0 bridgehead atoms. The van der Waals surface area contributed by atoms with Gasteiger partial charge >= 0.3 is 0 Å². The van der Waals surface area contributed by atoms with Crippen molar-refractivity contribution in [3.63, 3.8) is 0 Å². The van der Waals surface area contributed by atoms with Crippen LogP contribution in [0.3, 0.4) is 0 Å². The van der Waals surface area contributed by atoms with E-state index in [1.165, 1.54) is 0 Å². The normalized spacial score (nSPS) is 21.0. The van der Waals surface area contributed by atoms with Gasteiger partial charge in [0.05, 0.1) is 29.5 Å². The maximum absolute atomic E-state index is 12.3. The first-order chi connectivity index (χ1) is 11.5. The number of amides is 2. The van der Waals surface area contributed by atoms with Crippen LogP contribution in [0.25, 0.3) is 10.9 Å². The van der Waals surface area contributed by atoms with Crippen LogP contribution in [0, 0.1) is 0 Å². The minimum Gasteiger partial charge on any atom is -0.372 e. The van der Waals surface area contributed by atoms with Crippen molar-refractivity contribution in [2.45, 2.75) is 32.5 Å². The third-order valence-electron chi connectivity index (χ3n) is 4.13. The molecule has 1 aromatic heterocycles. The number of hydrogen-bond donors (Lipinski definition) is 2. The molecule has 2 unspecified atom stereocenters. The van der Waals surface area contributed by atoms with Crippen molar-refractivity contribution in [1.29, 1.82) is 0 Å². The minimum absolute atomic E-state index is 0.0406. The predicted molar refractivity (Wildman–Crippen MR) is 89.6 cm³/mol. The fraction of sp³-hybridized carbons (Fsp3) is 0.471. The molecule has 7 nitrogen and oxygen atoms in total. The number of hydrogen-bond acceptors (Lipinski definition) is 4. The highest BCUT2D eigenvalue weighted by Gasteiger charge is 2.25. The number of fused-ring (bicyclic) bond motifs is 1. The molecule has 2 aromatic rings. The molecule has 0 spiro atoms. The monoisotopic (exact) mass is 330 g/mol. The molecule has 2 amide bonds. The first-order valence-corrected chi connectivity index (χ1v) is 8.18. The molecule has 1 aromatic carbocycles. The van der Waals surface area contributed by atoms with Gasteiger partial charge in [-0.3, -0.25) is 14.7 Å². The van der Waals surface area contributed by atoms with E-state index in [9.17, 15) is 9.59 Å². The Bertz CT molecular complexity index is 732. The minimum atomic E-state index is -0.196. The zero-order valence-electron chi connectivity index (χ0n) is 13.9. The van der Waals surface area contributed by atoms with Crippen molar-refractivity contribution in [3.05, 3.63) is 30.0 Å². The van der Waals surface area contributed by atoms with E-state index in [1.807, 2.05) is 24.8 Å². The Morgan fingerprint density at radius 2 is 2.08 bits per heavy atom. The molecule has 0 aliphatic carbocycles. The van der Waals surface area contributed by atoms with Gasteiger partial charge in [-0.05, 0) is 26.0 Å². The Kier molecular flexibility index (Phi) is 4.80. The van der Waals surface area contributed by atoms with Crippen molar-refractivity contribution in [2.75, 3.05) is 19.6 Å². The summed E-state index contributed by atoms with van der Waals surface area (Å²) in [6.07, 6.45) is 2.01. The largest absolute Gasteiger partial charge is 0.372 e. The van der Waals surface area contributed by atoms with Crippen molar-refractivity contribution >= 4 is 22.7 Å². The van der Waals surface area contributed by atoms with Crippen LogP contribution in [-0.2, 0) is 9.53 Å². The van der Waals surface area contributed by atoms with Gasteiger partial charge in [-0.15, -0.1) is 0 Å². The number of nitrogens with one attached hydrogen (secondary N) is 2. The predicted octanol–water partition coefficient (Wildman–Crippen LogP) is 1.32. The van der Waals surface area contributed by atoms with Gasteiger partial charge in [-0.2, -0.15) is 5.10 Å². The Balaban J connectivity index is 1.53. The number of ether oxygens (including phenoxy) is 1. The standard InChI is InChI=1S/C17H22N4O3/c1-11-9-21(10-12(2)24-11)16(22)6-7-18-17(23)13-4-3-5-15-14(13)8-19-20-15/h3-5,8,11-12H,6-7,9-10H2,1-2H3,(H,18,23)(H,19,20). The van der Waals surface area contributed by atoms with Gasteiger partial charge in [0, 0.05) is 31.4 Å². The number of rotatable bonds is 4. The molecular weight excluding hydrogens is 308 g/mol. The van der Waals surface area contributed by atoms with Crippen molar-refractivity contribution in [1.82, 2.24) is 20.4 Å². The summed E-state index contributed by atoms with van der Waals surface area (Å²) in [7, 11) is 0. The first-order valence-electron chi connectivity index (χ1n) is 8.18. The van der Waals surface area contributed by atoms with E-state index in [0.717, 1.165) is 10.9 Å². The summed E-state index contributed by atoms with van der Waals surface area (Å²) >= 11 is 0. The second-order valence-electron chi connectivity index (χ2n) is 6.20. The fourth-order valence-electron chi connectivity index (χ4n) is 3.08. The third kappa shape index (κ3) is 3.56. The first kappa shape index (κ1) is 16.4. The van der Waals surface area contributed by atoms with Crippen molar-refractivity contribution < 1.29 is 14.3 Å². The number of carbonyl (C=O) groups excluding carboxylic acids is 2. The Morgan fingerprint density at radius 1 is 1.33 bits per heavy atom. The molecule has 1 aliphatic rings. The third-order valence-corrected chi connectivity index (χ3v) is 4.13. The van der Waals surface area contributed by atoms with Crippen LogP contribution in [0.4, 0.5) is 0 Å². The number of benzene rings is 1. The zero-order chi connectivity index (χ0) is 17.1. The summed E-state index contributed by atoms with van der Waals surface area (Å²) in [5.41, 5.74) is 1.37. The van der Waals surface area contributed by atoms with Gasteiger partial charge in [0.25, 0.3) is 5.91 Å². The van der Waals surface area contributed by atoms with Gasteiger partial charge < -0.3 is 15.0 Å². The maximum Gasteiger partial charge on any atom is 0.252 e. The zero-order valence-corrected chi connectivity index (χ0v) is 13.9. The molecule has 1 saturated heterocycles. The van der Waals surface area contributed by atoms with Crippen LogP contribution >= 0.6 is 0 Å². The molecule has 24 heavy (non-hydrogen) atoms. The summed E-state index contributed by atoms with van der Waals surface area (Å²) in [6, 6.07) is 5.42. The van der Waals surface area contributed by atoms with Gasteiger partial charge in [-0.25, -0.2) is 0 Å². The van der Waals surface area contributed by atoms with Gasteiger partial charge in [0.2, 0.25) is 5.91 Å². The average molecular weight is 330 g/mol. The Hall–Kier alpha value is -2.41. The highest BCUT2D eigenvalue weighted by molar-refractivity contribution is 6.06. The van der Waals surface area contributed by atoms with Crippen LogP contribution < -0.4 is 5.32 Å². The molecule has 7 heteroatoms. The van der Waals surface area contributed by atoms with E-state index in [4.69, 9.17) is 4.74 Å². The number of aromatic amines is 1. The molecule has 2 N–H and O–H groups in total. The summed E-state index contributed by atoms with van der Waals surface area (Å²) in [5, 5.41) is 10.4. The molecular formula is C17H22N4O3. The van der Waals surface area contributed by atoms with Crippen LogP contribution in [-0.4, -0.2) is 58.8 Å². The lowest BCUT2D eigenvalue weighted by molar-refractivity contribution is -0.143. The molecule has 1 aliphatic heterocycles. The van der Waals surface area contributed by atoms with Crippen LogP contribution in [0.15, 0.2) is 24.4 Å². The number of aromatic nitrogens is 2. The van der Waals surface area contributed by atoms with E-state index in [2.05, 4.69) is 15.5 Å². The second-order valence-corrected chi connectivity index (χ2v) is 6.20. The molecule has 0 saturated carbocycles. The maximum atomic E-state index is 12.3. The molecule has 0 radical (unpaired) electrons. The highest BCUT2D eigenvalue weighted by Crippen LogP contribution is 2.16. The summed E-state index contributed by atoms with van der Waals surface area (Å²) in [6.45, 7) is 5.44. The number of carbonyl (C=O) groups is 2. The van der Waals surface area contributed by atoms with E-state index in [1.54, 1.807) is 18.3 Å². The number of morpholine rings is 1. The molecule has 3 rings (SSSR count). The molecule has 2 atom stereocenters. The summed E-state index contributed by atoms with van der Waals surface area (Å²) in [5.74, 6) is -0.155. The van der Waals surface area contributed by atoms with E-state index >= 15 is 0 Å². The van der Waals surface area contributed by atoms with E-state index in [-0.39, 0.29) is 30.4 Å². The molecule has 128 valence electrons.